The van der Waals surface area contributed by atoms with Gasteiger partial charge in [-0.3, -0.25) is 9.59 Å². The van der Waals surface area contributed by atoms with E-state index in [1.54, 1.807) is 26.0 Å². The molecule has 0 radical (unpaired) electrons. The van der Waals surface area contributed by atoms with E-state index >= 15 is 0 Å². The predicted molar refractivity (Wildman–Crippen MR) is 85.4 cm³/mol. The molecule has 3 rings (SSSR count). The van der Waals surface area contributed by atoms with Crippen molar-refractivity contribution in [3.05, 3.63) is 58.0 Å². The second-order valence-corrected chi connectivity index (χ2v) is 4.81. The molecule has 0 saturated heterocycles. The van der Waals surface area contributed by atoms with Crippen molar-refractivity contribution in [3.63, 3.8) is 0 Å². The van der Waals surface area contributed by atoms with E-state index in [2.05, 4.69) is 30.2 Å². The van der Waals surface area contributed by atoms with E-state index in [4.69, 9.17) is 11.2 Å². The van der Waals surface area contributed by atoms with Crippen molar-refractivity contribution in [2.24, 2.45) is 0 Å². The van der Waals surface area contributed by atoms with E-state index in [1.807, 2.05) is 0 Å². The molecule has 0 aromatic carbocycles. The third-order valence-corrected chi connectivity index (χ3v) is 3.36. The van der Waals surface area contributed by atoms with Crippen LogP contribution < -0.4 is 5.56 Å². The fourth-order valence-corrected chi connectivity index (χ4v) is 1.98. The van der Waals surface area contributed by atoms with Crippen LogP contribution in [-0.2, 0) is 16.1 Å². The molecule has 1 aromatic rings. The zero-order chi connectivity index (χ0) is 16.1. The van der Waals surface area contributed by atoms with Crippen LogP contribution in [0.4, 0.5) is 0 Å². The average molecular weight is 295 g/mol. The molecule has 2 aliphatic rings. The van der Waals surface area contributed by atoms with E-state index in [-0.39, 0.29) is 17.7 Å². The van der Waals surface area contributed by atoms with E-state index < -0.39 is 5.97 Å². The van der Waals surface area contributed by atoms with E-state index in [1.165, 1.54) is 15.7 Å². The van der Waals surface area contributed by atoms with Gasteiger partial charge >= 0.3 is 5.97 Å². The molecule has 1 heterocycles. The van der Waals surface area contributed by atoms with Gasteiger partial charge in [0.15, 0.2) is 0 Å². The summed E-state index contributed by atoms with van der Waals surface area (Å²) in [6, 6.07) is 11.8. The topological polar surface area (TPSA) is 48.3 Å². The maximum Gasteiger partial charge on any atom is 0.326 e. The highest BCUT2D eigenvalue weighted by atomic mass is 16.5. The lowest BCUT2D eigenvalue weighted by molar-refractivity contribution is -0.143. The van der Waals surface area contributed by atoms with Crippen molar-refractivity contribution in [1.29, 1.82) is 0 Å². The van der Waals surface area contributed by atoms with E-state index in [0.29, 0.717) is 12.3 Å². The summed E-state index contributed by atoms with van der Waals surface area (Å²) in [6.07, 6.45) is 5.18. The number of aromatic nitrogens is 1. The van der Waals surface area contributed by atoms with Crippen LogP contribution in [0.15, 0.2) is 41.2 Å². The minimum Gasteiger partial charge on any atom is -0.465 e. The monoisotopic (exact) mass is 295 g/mol. The number of fused-ring (bicyclic) bond motifs is 1. The van der Waals surface area contributed by atoms with Crippen LogP contribution in [-0.4, -0.2) is 17.1 Å². The number of carbonyl (C=O) groups is 1. The summed E-state index contributed by atoms with van der Waals surface area (Å²) in [5.74, 6) is 1.84. The van der Waals surface area contributed by atoms with Gasteiger partial charge in [0.25, 0.3) is 5.56 Å². The second-order valence-electron chi connectivity index (χ2n) is 4.81. The molecule has 1 aromatic heterocycles. The van der Waals surface area contributed by atoms with Gasteiger partial charge in [-0.15, -0.1) is 6.42 Å². The second kappa shape index (κ2) is 6.77. The smallest absolute Gasteiger partial charge is 0.326 e. The first-order valence-electron chi connectivity index (χ1n) is 7.00. The fourth-order valence-electron chi connectivity index (χ4n) is 1.98. The SMILES string of the molecule is C#Cc1ccc(C)n(CC(=O)OCC)c1=O.c1cc2ccc1-2. The molecule has 0 unspecified atom stereocenters. The number of esters is 1. The summed E-state index contributed by atoms with van der Waals surface area (Å²) < 4.78 is 6.09. The molecule has 0 amide bonds. The Bertz CT molecular complexity index is 758. The minimum atomic E-state index is -0.443. The molecular weight excluding hydrogens is 278 g/mol. The summed E-state index contributed by atoms with van der Waals surface area (Å²) in [5, 5.41) is 0. The lowest BCUT2D eigenvalue weighted by atomic mass is 9.95. The Morgan fingerprint density at radius 1 is 1.18 bits per heavy atom. The van der Waals surface area contributed by atoms with Crippen molar-refractivity contribution in [2.45, 2.75) is 20.4 Å². The number of pyridine rings is 1. The van der Waals surface area contributed by atoms with Crippen LogP contribution in [0.25, 0.3) is 11.1 Å². The van der Waals surface area contributed by atoms with E-state index in [0.717, 1.165) is 0 Å². The Morgan fingerprint density at radius 3 is 2.18 bits per heavy atom. The Labute approximate surface area is 129 Å². The van der Waals surface area contributed by atoms with Crippen LogP contribution in [0.1, 0.15) is 18.2 Å². The third-order valence-electron chi connectivity index (χ3n) is 3.36. The molecule has 0 spiro atoms. The van der Waals surface area contributed by atoms with Crippen molar-refractivity contribution in [1.82, 2.24) is 4.57 Å². The third kappa shape index (κ3) is 3.26. The lowest BCUT2D eigenvalue weighted by Crippen LogP contribution is -2.28. The minimum absolute atomic E-state index is 0.103. The highest BCUT2D eigenvalue weighted by Gasteiger charge is 2.09. The summed E-state index contributed by atoms with van der Waals surface area (Å²) in [7, 11) is 0. The molecule has 0 saturated carbocycles. The maximum absolute atomic E-state index is 11.8. The van der Waals surface area contributed by atoms with Gasteiger partial charge < -0.3 is 9.30 Å². The van der Waals surface area contributed by atoms with Gasteiger partial charge in [-0.2, -0.15) is 0 Å². The van der Waals surface area contributed by atoms with Gasteiger partial charge in [0.1, 0.15) is 6.54 Å². The summed E-state index contributed by atoms with van der Waals surface area (Å²) in [6.45, 7) is 3.64. The molecule has 22 heavy (non-hydrogen) atoms. The van der Waals surface area contributed by atoms with Gasteiger partial charge in [-0.25, -0.2) is 0 Å². The molecule has 0 bridgehead atoms. The zero-order valence-corrected chi connectivity index (χ0v) is 12.6. The number of carbonyl (C=O) groups excluding carboxylic acids is 1. The number of aryl methyl sites for hydroxylation is 1. The first-order valence-corrected chi connectivity index (χ1v) is 7.00. The first kappa shape index (κ1) is 15.6. The van der Waals surface area contributed by atoms with Gasteiger partial charge in [0, 0.05) is 5.69 Å². The average Bonchev–Trinajstić information content (AvgIpc) is 2.48. The van der Waals surface area contributed by atoms with Crippen molar-refractivity contribution in [2.75, 3.05) is 6.61 Å². The van der Waals surface area contributed by atoms with Crippen molar-refractivity contribution >= 4 is 5.97 Å². The fraction of sp³-hybridized carbons (Fsp3) is 0.222. The van der Waals surface area contributed by atoms with Crippen LogP contribution >= 0.6 is 0 Å². The largest absolute Gasteiger partial charge is 0.465 e. The predicted octanol–water partition coefficient (Wildman–Crippen LogP) is 2.37. The molecule has 4 heteroatoms. The summed E-state index contributed by atoms with van der Waals surface area (Å²) in [4.78, 5) is 23.1. The van der Waals surface area contributed by atoms with Gasteiger partial charge in [0.05, 0.1) is 12.2 Å². The van der Waals surface area contributed by atoms with Crippen LogP contribution in [0.2, 0.25) is 0 Å². The molecule has 112 valence electrons. The molecule has 4 nitrogen and oxygen atoms in total. The Morgan fingerprint density at radius 2 is 1.77 bits per heavy atom. The first-order chi connectivity index (χ1) is 10.6. The van der Waals surface area contributed by atoms with Crippen LogP contribution in [0, 0.1) is 19.3 Å². The molecule has 0 aliphatic heterocycles. The van der Waals surface area contributed by atoms with Crippen molar-refractivity contribution < 1.29 is 9.53 Å². The number of ether oxygens (including phenoxy) is 1. The van der Waals surface area contributed by atoms with Crippen LogP contribution in [0.3, 0.4) is 0 Å². The zero-order valence-electron chi connectivity index (χ0n) is 12.6. The van der Waals surface area contributed by atoms with Gasteiger partial charge in [-0.1, -0.05) is 30.2 Å². The van der Waals surface area contributed by atoms with Crippen LogP contribution in [0.5, 0.6) is 0 Å². The van der Waals surface area contributed by atoms with Gasteiger partial charge in [0.2, 0.25) is 0 Å². The Balaban J connectivity index is 0.000000238. The highest BCUT2D eigenvalue weighted by molar-refractivity contribution is 5.75. The van der Waals surface area contributed by atoms with Crippen molar-refractivity contribution in [3.8, 4) is 23.5 Å². The lowest BCUT2D eigenvalue weighted by Gasteiger charge is -2.10. The maximum atomic E-state index is 11.8. The number of nitrogens with zero attached hydrogens (tertiary/aromatic N) is 1. The molecule has 0 N–H and O–H groups in total. The number of benzene rings is 1. The number of rotatable bonds is 3. The summed E-state index contributed by atoms with van der Waals surface area (Å²) in [5.41, 5.74) is 3.44. The Hall–Kier alpha value is -2.80. The molecule has 0 fully saturated rings. The Kier molecular flexibility index (Phi) is 4.80. The van der Waals surface area contributed by atoms with Gasteiger partial charge in [-0.05, 0) is 37.1 Å². The quantitative estimate of drug-likeness (QED) is 0.550. The summed E-state index contributed by atoms with van der Waals surface area (Å²) >= 11 is 0. The molecule has 0 atom stereocenters. The number of hydrogen-bond acceptors (Lipinski definition) is 3. The molecular formula is C18H17NO3. The molecule has 2 aliphatic carbocycles. The van der Waals surface area contributed by atoms with E-state index in [9.17, 15) is 9.59 Å². The number of terminal acetylenes is 1. The highest BCUT2D eigenvalue weighted by Crippen LogP contribution is 2.29. The number of hydrogen-bond donors (Lipinski definition) is 0. The normalized spacial score (nSPS) is 10.0. The standard InChI is InChI=1S/C12H13NO3.C6H4/c1-4-10-7-6-9(3)13(12(10)15)8-11(14)16-5-2;1-2-6-4-3-5(1)6/h1,6-7H,5,8H2,2-3H3;1-4H.